The van der Waals surface area contributed by atoms with Gasteiger partial charge in [-0.05, 0) is 19.1 Å². The first-order chi connectivity index (χ1) is 8.42. The van der Waals surface area contributed by atoms with Gasteiger partial charge in [0.2, 0.25) is 0 Å². The van der Waals surface area contributed by atoms with Crippen LogP contribution in [0.2, 0.25) is 0 Å². The number of aromatic nitrogens is 1. The molecule has 1 heterocycles. The Hall–Kier alpha value is -2.02. The molecule has 17 heavy (non-hydrogen) atoms. The third-order valence-electron chi connectivity index (χ3n) is 3.20. The average molecular weight is 221 g/mol. The molecule has 3 rings (SSSR count). The second-order valence-corrected chi connectivity index (χ2v) is 4.21. The molecule has 0 aliphatic heterocycles. The van der Waals surface area contributed by atoms with Crippen LogP contribution in [0.15, 0.2) is 60.7 Å². The minimum Gasteiger partial charge on any atom is -0.337 e. The van der Waals surface area contributed by atoms with E-state index in [1.54, 1.807) is 0 Å². The van der Waals surface area contributed by atoms with Crippen molar-refractivity contribution in [2.75, 3.05) is 0 Å². The topological polar surface area (TPSA) is 4.93 Å². The number of rotatable bonds is 2. The van der Waals surface area contributed by atoms with Crippen LogP contribution in [0.4, 0.5) is 0 Å². The van der Waals surface area contributed by atoms with E-state index in [9.17, 15) is 0 Å². The molecule has 0 radical (unpaired) electrons. The van der Waals surface area contributed by atoms with Gasteiger partial charge >= 0.3 is 0 Å². The first-order valence-electron chi connectivity index (χ1n) is 5.99. The molecule has 0 unspecified atom stereocenters. The molecule has 0 amide bonds. The molecule has 0 saturated carbocycles. The Morgan fingerprint density at radius 2 is 1.41 bits per heavy atom. The van der Waals surface area contributed by atoms with Crippen molar-refractivity contribution < 1.29 is 0 Å². The van der Waals surface area contributed by atoms with Crippen molar-refractivity contribution in [2.24, 2.45) is 0 Å². The van der Waals surface area contributed by atoms with E-state index in [1.807, 2.05) is 0 Å². The Morgan fingerprint density at radius 3 is 1.94 bits per heavy atom. The van der Waals surface area contributed by atoms with Crippen molar-refractivity contribution in [3.63, 3.8) is 0 Å². The molecular formula is C16H15N. The van der Waals surface area contributed by atoms with Crippen molar-refractivity contribution in [1.82, 2.24) is 4.57 Å². The quantitative estimate of drug-likeness (QED) is 0.566. The highest BCUT2D eigenvalue weighted by atomic mass is 15.0. The highest BCUT2D eigenvalue weighted by molar-refractivity contribution is 6.07. The lowest BCUT2D eigenvalue weighted by Crippen LogP contribution is -1.93. The molecule has 0 bridgehead atoms. The Bertz CT molecular complexity index is 636. The number of fused-ring (bicyclic) bond motifs is 3. The second-order valence-electron chi connectivity index (χ2n) is 4.21. The van der Waals surface area contributed by atoms with Crippen molar-refractivity contribution in [2.45, 2.75) is 13.5 Å². The minimum absolute atomic E-state index is 0.935. The molecule has 2 aromatic carbocycles. The number of hydrogen-bond donors (Lipinski definition) is 0. The van der Waals surface area contributed by atoms with Crippen LogP contribution in [-0.2, 0) is 6.54 Å². The molecule has 1 nitrogen and oxygen atoms in total. The maximum atomic E-state index is 2.37. The van der Waals surface area contributed by atoms with Gasteiger partial charge in [-0.15, -0.1) is 0 Å². The predicted octanol–water partition coefficient (Wildman–Crippen LogP) is 4.37. The lowest BCUT2D eigenvalue weighted by molar-refractivity contribution is 0.897. The highest BCUT2D eigenvalue weighted by Gasteiger charge is 2.07. The summed E-state index contributed by atoms with van der Waals surface area (Å²) in [5.74, 6) is 0. The Labute approximate surface area is 101 Å². The summed E-state index contributed by atoms with van der Waals surface area (Å²) >= 11 is 0. The summed E-state index contributed by atoms with van der Waals surface area (Å²) in [7, 11) is 0. The third kappa shape index (κ3) is 1.55. The first-order valence-corrected chi connectivity index (χ1v) is 5.99. The normalized spacial score (nSPS) is 11.8. The molecule has 0 atom stereocenters. The summed E-state index contributed by atoms with van der Waals surface area (Å²) in [5, 5.41) is 2.68. The summed E-state index contributed by atoms with van der Waals surface area (Å²) in [4.78, 5) is 0. The number of nitrogens with zero attached hydrogens (tertiary/aromatic N) is 1. The van der Waals surface area contributed by atoms with Gasteiger partial charge in [-0.2, -0.15) is 0 Å². The predicted molar refractivity (Wildman–Crippen MR) is 74.3 cm³/mol. The van der Waals surface area contributed by atoms with Crippen LogP contribution in [0.1, 0.15) is 6.92 Å². The van der Waals surface area contributed by atoms with E-state index >= 15 is 0 Å². The van der Waals surface area contributed by atoms with Gasteiger partial charge in [0, 0.05) is 28.4 Å². The molecule has 3 aromatic rings. The summed E-state index contributed by atoms with van der Waals surface area (Å²) in [6.45, 7) is 3.00. The Morgan fingerprint density at radius 1 is 0.882 bits per heavy atom. The van der Waals surface area contributed by atoms with Gasteiger partial charge < -0.3 is 4.57 Å². The standard InChI is InChI=1S/C16H15N/c1-2-3-12-17-15-10-6-4-8-13(15)14-9-5-7-11-16(14)17/h2-11H,12H2,1H3/b3-2-. The molecule has 1 heteroatoms. The zero-order valence-electron chi connectivity index (χ0n) is 9.93. The first kappa shape index (κ1) is 10.2. The van der Waals surface area contributed by atoms with Gasteiger partial charge in [-0.1, -0.05) is 48.6 Å². The molecule has 84 valence electrons. The minimum atomic E-state index is 0.935. The number of para-hydroxylation sites is 2. The molecule has 0 aliphatic rings. The molecular weight excluding hydrogens is 206 g/mol. The van der Waals surface area contributed by atoms with Crippen LogP contribution in [0.3, 0.4) is 0 Å². The lowest BCUT2D eigenvalue weighted by Gasteiger charge is -2.02. The van der Waals surface area contributed by atoms with Crippen LogP contribution < -0.4 is 0 Å². The zero-order valence-corrected chi connectivity index (χ0v) is 9.93. The van der Waals surface area contributed by atoms with Gasteiger partial charge in [0.25, 0.3) is 0 Å². The molecule has 0 N–H and O–H groups in total. The van der Waals surface area contributed by atoms with Gasteiger partial charge in [0.05, 0.1) is 0 Å². The van der Waals surface area contributed by atoms with E-state index in [0.717, 1.165) is 6.54 Å². The van der Waals surface area contributed by atoms with Crippen LogP contribution in [0.25, 0.3) is 21.8 Å². The van der Waals surface area contributed by atoms with Crippen LogP contribution >= 0.6 is 0 Å². The van der Waals surface area contributed by atoms with E-state index in [0.29, 0.717) is 0 Å². The van der Waals surface area contributed by atoms with Crippen molar-refractivity contribution in [1.29, 1.82) is 0 Å². The summed E-state index contributed by atoms with van der Waals surface area (Å²) in [5.41, 5.74) is 2.62. The van der Waals surface area contributed by atoms with Crippen molar-refractivity contribution in [3.8, 4) is 0 Å². The SMILES string of the molecule is C/C=C\Cn1c2ccccc2c2ccccc21. The molecule has 0 spiro atoms. The van der Waals surface area contributed by atoms with Gasteiger partial charge in [-0.3, -0.25) is 0 Å². The van der Waals surface area contributed by atoms with Crippen LogP contribution in [0, 0.1) is 0 Å². The van der Waals surface area contributed by atoms with E-state index in [4.69, 9.17) is 0 Å². The Kier molecular flexibility index (Phi) is 2.45. The fraction of sp³-hybridized carbons (Fsp3) is 0.125. The van der Waals surface area contributed by atoms with E-state index < -0.39 is 0 Å². The van der Waals surface area contributed by atoms with Gasteiger partial charge in [0.1, 0.15) is 0 Å². The lowest BCUT2D eigenvalue weighted by atomic mass is 10.2. The Balaban J connectivity index is 2.41. The van der Waals surface area contributed by atoms with E-state index in [-0.39, 0.29) is 0 Å². The average Bonchev–Trinajstić information content (AvgIpc) is 2.71. The van der Waals surface area contributed by atoms with Crippen molar-refractivity contribution >= 4 is 21.8 Å². The van der Waals surface area contributed by atoms with Gasteiger partial charge in [-0.25, -0.2) is 0 Å². The van der Waals surface area contributed by atoms with Crippen LogP contribution in [0.5, 0.6) is 0 Å². The number of benzene rings is 2. The smallest absolute Gasteiger partial charge is 0.0494 e. The van der Waals surface area contributed by atoms with E-state index in [2.05, 4.69) is 72.2 Å². The van der Waals surface area contributed by atoms with Gasteiger partial charge in [0.15, 0.2) is 0 Å². The molecule has 0 fully saturated rings. The largest absolute Gasteiger partial charge is 0.337 e. The zero-order chi connectivity index (χ0) is 11.7. The van der Waals surface area contributed by atoms with Crippen molar-refractivity contribution in [3.05, 3.63) is 60.7 Å². The maximum Gasteiger partial charge on any atom is 0.0494 e. The summed E-state index contributed by atoms with van der Waals surface area (Å²) in [6, 6.07) is 17.2. The third-order valence-corrected chi connectivity index (χ3v) is 3.20. The second kappa shape index (κ2) is 4.10. The fourth-order valence-electron chi connectivity index (χ4n) is 2.41. The monoisotopic (exact) mass is 221 g/mol. The maximum absolute atomic E-state index is 2.37. The number of allylic oxidation sites excluding steroid dienone is 2. The van der Waals surface area contributed by atoms with Crippen LogP contribution in [-0.4, -0.2) is 4.57 Å². The summed E-state index contributed by atoms with van der Waals surface area (Å²) in [6.07, 6.45) is 4.29. The fourth-order valence-corrected chi connectivity index (χ4v) is 2.41. The number of hydrogen-bond acceptors (Lipinski definition) is 0. The molecule has 0 aliphatic carbocycles. The molecule has 1 aromatic heterocycles. The summed E-state index contributed by atoms with van der Waals surface area (Å²) < 4.78 is 2.37. The van der Waals surface area contributed by atoms with E-state index in [1.165, 1.54) is 21.8 Å². The highest BCUT2D eigenvalue weighted by Crippen LogP contribution is 2.28. The molecule has 0 saturated heterocycles.